The number of amides is 1. The van der Waals surface area contributed by atoms with Crippen LogP contribution in [0.25, 0.3) is 0 Å². The highest BCUT2D eigenvalue weighted by Gasteiger charge is 2.17. The van der Waals surface area contributed by atoms with E-state index in [1.54, 1.807) is 12.1 Å². The molecule has 7 heteroatoms. The van der Waals surface area contributed by atoms with Crippen LogP contribution in [0.3, 0.4) is 0 Å². The second-order valence-corrected chi connectivity index (χ2v) is 4.68. The fourth-order valence-electron chi connectivity index (χ4n) is 1.95. The van der Waals surface area contributed by atoms with Crippen molar-refractivity contribution in [3.8, 4) is 6.07 Å². The Bertz CT molecular complexity index is 696. The third-order valence-corrected chi connectivity index (χ3v) is 3.12. The van der Waals surface area contributed by atoms with Gasteiger partial charge in [-0.15, -0.1) is 0 Å². The monoisotopic (exact) mass is 299 g/mol. The van der Waals surface area contributed by atoms with Gasteiger partial charge in [0.1, 0.15) is 11.9 Å². The van der Waals surface area contributed by atoms with E-state index in [1.165, 1.54) is 24.5 Å². The Morgan fingerprint density at radius 2 is 2.00 bits per heavy atom. The molecule has 112 valence electrons. The first-order valence-corrected chi connectivity index (χ1v) is 6.59. The maximum absolute atomic E-state index is 12.9. The Kier molecular flexibility index (Phi) is 4.98. The van der Waals surface area contributed by atoms with Gasteiger partial charge in [0.2, 0.25) is 5.91 Å². The van der Waals surface area contributed by atoms with Crippen LogP contribution in [-0.2, 0) is 11.2 Å². The molecule has 1 heterocycles. The van der Waals surface area contributed by atoms with Crippen LogP contribution >= 0.6 is 0 Å². The molecule has 0 aliphatic carbocycles. The topological polar surface area (TPSA) is 105 Å². The number of nitrogens with two attached hydrogens (primary N) is 1. The van der Waals surface area contributed by atoms with Gasteiger partial charge in [-0.05, 0) is 24.1 Å². The number of carbonyl (C=O) groups is 1. The fraction of sp³-hybridized carbons (Fsp3) is 0.200. The summed E-state index contributed by atoms with van der Waals surface area (Å²) >= 11 is 0. The van der Waals surface area contributed by atoms with Crippen LogP contribution in [0.5, 0.6) is 0 Å². The first kappa shape index (κ1) is 15.4. The average molecular weight is 299 g/mol. The number of nitrogens with one attached hydrogen (secondary N) is 1. The summed E-state index contributed by atoms with van der Waals surface area (Å²) < 4.78 is 12.9. The van der Waals surface area contributed by atoms with Crippen LogP contribution in [0.2, 0.25) is 0 Å². The van der Waals surface area contributed by atoms with E-state index in [9.17, 15) is 9.18 Å². The lowest BCUT2D eigenvalue weighted by atomic mass is 9.98. The lowest BCUT2D eigenvalue weighted by Crippen LogP contribution is -2.31. The van der Waals surface area contributed by atoms with E-state index in [-0.39, 0.29) is 18.1 Å². The van der Waals surface area contributed by atoms with Crippen LogP contribution in [-0.4, -0.2) is 22.4 Å². The summed E-state index contributed by atoms with van der Waals surface area (Å²) in [6.45, 7) is 0.208. The largest absolute Gasteiger partial charge is 0.369 e. The third kappa shape index (κ3) is 3.99. The molecule has 0 saturated carbocycles. The van der Waals surface area contributed by atoms with Crippen molar-refractivity contribution in [2.45, 2.75) is 6.42 Å². The lowest BCUT2D eigenvalue weighted by Gasteiger charge is -2.15. The number of hydrogen-bond donors (Lipinski definition) is 2. The van der Waals surface area contributed by atoms with Gasteiger partial charge in [-0.25, -0.2) is 14.4 Å². The molecule has 0 fully saturated rings. The van der Waals surface area contributed by atoms with E-state index >= 15 is 0 Å². The van der Waals surface area contributed by atoms with Crippen molar-refractivity contribution in [1.29, 1.82) is 5.26 Å². The molecule has 2 rings (SSSR count). The van der Waals surface area contributed by atoms with E-state index in [0.29, 0.717) is 12.2 Å². The summed E-state index contributed by atoms with van der Waals surface area (Å²) in [5.74, 6) is -1.04. The van der Waals surface area contributed by atoms with Gasteiger partial charge < -0.3 is 11.1 Å². The molecule has 1 amide bonds. The maximum Gasteiger partial charge on any atom is 0.222 e. The first-order valence-electron chi connectivity index (χ1n) is 6.59. The zero-order valence-electron chi connectivity index (χ0n) is 11.7. The van der Waals surface area contributed by atoms with Gasteiger partial charge in [-0.1, -0.05) is 12.1 Å². The number of hydrogen-bond acceptors (Lipinski definition) is 5. The minimum absolute atomic E-state index is 0.146. The Morgan fingerprint density at radius 1 is 1.32 bits per heavy atom. The predicted octanol–water partition coefficient (Wildman–Crippen LogP) is 1.24. The van der Waals surface area contributed by atoms with Crippen molar-refractivity contribution in [2.24, 2.45) is 11.7 Å². The number of nitriles is 1. The zero-order valence-corrected chi connectivity index (χ0v) is 11.7. The van der Waals surface area contributed by atoms with Gasteiger partial charge in [0.15, 0.2) is 11.5 Å². The molecule has 1 unspecified atom stereocenters. The molecule has 22 heavy (non-hydrogen) atoms. The van der Waals surface area contributed by atoms with Crippen LogP contribution in [0, 0.1) is 23.1 Å². The van der Waals surface area contributed by atoms with Crippen LogP contribution in [0.4, 0.5) is 10.2 Å². The normalized spacial score (nSPS) is 11.5. The first-order chi connectivity index (χ1) is 10.6. The smallest absolute Gasteiger partial charge is 0.222 e. The van der Waals surface area contributed by atoms with Crippen molar-refractivity contribution >= 4 is 11.7 Å². The van der Waals surface area contributed by atoms with Crippen LogP contribution in [0.1, 0.15) is 11.3 Å². The van der Waals surface area contributed by atoms with Crippen molar-refractivity contribution in [2.75, 3.05) is 11.9 Å². The molecule has 0 aliphatic rings. The number of nitrogens with zero attached hydrogens (tertiary/aromatic N) is 3. The van der Waals surface area contributed by atoms with E-state index in [2.05, 4.69) is 15.3 Å². The van der Waals surface area contributed by atoms with E-state index in [1.807, 2.05) is 6.07 Å². The molecular weight excluding hydrogens is 285 g/mol. The van der Waals surface area contributed by atoms with Gasteiger partial charge in [0.05, 0.1) is 5.92 Å². The minimum atomic E-state index is -0.515. The second kappa shape index (κ2) is 7.13. The number of primary amides is 1. The number of benzene rings is 1. The number of halogens is 1. The van der Waals surface area contributed by atoms with Crippen molar-refractivity contribution in [3.63, 3.8) is 0 Å². The van der Waals surface area contributed by atoms with Crippen molar-refractivity contribution in [1.82, 2.24) is 9.97 Å². The van der Waals surface area contributed by atoms with E-state index in [0.717, 1.165) is 5.56 Å². The van der Waals surface area contributed by atoms with E-state index in [4.69, 9.17) is 11.0 Å². The highest BCUT2D eigenvalue weighted by atomic mass is 19.1. The number of carbonyl (C=O) groups excluding carboxylic acids is 1. The Morgan fingerprint density at radius 3 is 2.64 bits per heavy atom. The van der Waals surface area contributed by atoms with Gasteiger partial charge in [-0.2, -0.15) is 5.26 Å². The molecule has 0 bridgehead atoms. The summed E-state index contributed by atoms with van der Waals surface area (Å²) in [5.41, 5.74) is 6.34. The number of aromatic nitrogens is 2. The predicted molar refractivity (Wildman–Crippen MR) is 78.0 cm³/mol. The third-order valence-electron chi connectivity index (χ3n) is 3.12. The summed E-state index contributed by atoms with van der Waals surface area (Å²) in [6, 6.07) is 7.78. The SMILES string of the molecule is N#Cc1nccnc1NCC(Cc1ccc(F)cc1)C(N)=O. The second-order valence-electron chi connectivity index (χ2n) is 4.68. The maximum atomic E-state index is 12.9. The standard InChI is InChI=1S/C15H14FN5O/c16-12-3-1-10(2-4-12)7-11(14(18)22)9-21-15-13(8-17)19-5-6-20-15/h1-6,11H,7,9H2,(H2,18,22)(H,20,21). The Labute approximate surface area is 126 Å². The molecular formula is C15H14FN5O. The molecule has 1 atom stereocenters. The van der Waals surface area contributed by atoms with Crippen molar-refractivity contribution < 1.29 is 9.18 Å². The highest BCUT2D eigenvalue weighted by molar-refractivity contribution is 5.77. The molecule has 0 saturated heterocycles. The molecule has 0 radical (unpaired) electrons. The average Bonchev–Trinajstić information content (AvgIpc) is 2.53. The molecule has 1 aromatic carbocycles. The van der Waals surface area contributed by atoms with Crippen LogP contribution in [0.15, 0.2) is 36.7 Å². The van der Waals surface area contributed by atoms with Gasteiger partial charge in [0.25, 0.3) is 0 Å². The summed E-state index contributed by atoms with van der Waals surface area (Å²) in [4.78, 5) is 19.4. The Balaban J connectivity index is 2.05. The number of anilines is 1. The van der Waals surface area contributed by atoms with Gasteiger partial charge in [-0.3, -0.25) is 4.79 Å². The lowest BCUT2D eigenvalue weighted by molar-refractivity contribution is -0.121. The Hall–Kier alpha value is -3.01. The minimum Gasteiger partial charge on any atom is -0.369 e. The molecule has 2 aromatic rings. The molecule has 0 spiro atoms. The van der Waals surface area contributed by atoms with Gasteiger partial charge >= 0.3 is 0 Å². The molecule has 0 aliphatic heterocycles. The summed E-state index contributed by atoms with van der Waals surface area (Å²) in [6.07, 6.45) is 3.22. The number of rotatable bonds is 6. The van der Waals surface area contributed by atoms with E-state index < -0.39 is 11.8 Å². The fourth-order valence-corrected chi connectivity index (χ4v) is 1.95. The van der Waals surface area contributed by atoms with Crippen molar-refractivity contribution in [3.05, 3.63) is 53.7 Å². The van der Waals surface area contributed by atoms with Crippen LogP contribution < -0.4 is 11.1 Å². The summed E-state index contributed by atoms with van der Waals surface area (Å²) in [7, 11) is 0. The quantitative estimate of drug-likeness (QED) is 0.835. The summed E-state index contributed by atoms with van der Waals surface area (Å²) in [5, 5.41) is 11.8. The molecule has 6 nitrogen and oxygen atoms in total. The molecule has 3 N–H and O–H groups in total. The van der Waals surface area contributed by atoms with Gasteiger partial charge in [0, 0.05) is 18.9 Å². The molecule has 1 aromatic heterocycles. The highest BCUT2D eigenvalue weighted by Crippen LogP contribution is 2.12. The zero-order chi connectivity index (χ0) is 15.9.